The summed E-state index contributed by atoms with van der Waals surface area (Å²) < 4.78 is 17.3. The molecular formula is C19H31N3O3S2. The highest BCUT2D eigenvalue weighted by atomic mass is 32.2. The normalized spacial score (nSPS) is 14.0. The molecule has 0 spiro atoms. The van der Waals surface area contributed by atoms with Crippen LogP contribution in [0.3, 0.4) is 0 Å². The van der Waals surface area contributed by atoms with Gasteiger partial charge in [0.15, 0.2) is 5.11 Å². The fourth-order valence-corrected chi connectivity index (χ4v) is 3.47. The van der Waals surface area contributed by atoms with E-state index in [9.17, 15) is 0 Å². The second kappa shape index (κ2) is 12.2. The number of morpholine rings is 1. The maximum absolute atomic E-state index is 5.91. The number of thiocarbonyl (C=S) groups is 1. The number of ether oxygens (including phenoxy) is 3. The predicted molar refractivity (Wildman–Crippen MR) is 119 cm³/mol. The van der Waals surface area contributed by atoms with Gasteiger partial charge in [-0.2, -0.15) is 11.8 Å². The molecule has 8 heteroatoms. The van der Waals surface area contributed by atoms with Gasteiger partial charge in [-0.15, -0.1) is 0 Å². The van der Waals surface area contributed by atoms with Crippen LogP contribution in [-0.2, 0) is 4.74 Å². The van der Waals surface area contributed by atoms with Crippen molar-refractivity contribution < 1.29 is 14.2 Å². The quantitative estimate of drug-likeness (QED) is 0.447. The van der Waals surface area contributed by atoms with Gasteiger partial charge in [-0.3, -0.25) is 0 Å². The van der Waals surface area contributed by atoms with Crippen LogP contribution in [0, 0.1) is 0 Å². The zero-order valence-corrected chi connectivity index (χ0v) is 18.1. The summed E-state index contributed by atoms with van der Waals surface area (Å²) in [5, 5.41) is 7.11. The minimum Gasteiger partial charge on any atom is -0.492 e. The molecule has 2 N–H and O–H groups in total. The van der Waals surface area contributed by atoms with E-state index in [4.69, 9.17) is 26.4 Å². The maximum Gasteiger partial charge on any atom is 0.170 e. The highest BCUT2D eigenvalue weighted by Crippen LogP contribution is 2.39. The van der Waals surface area contributed by atoms with Crippen LogP contribution in [0.4, 0.5) is 11.4 Å². The molecule has 1 aromatic carbocycles. The van der Waals surface area contributed by atoms with Gasteiger partial charge >= 0.3 is 0 Å². The fourth-order valence-electron chi connectivity index (χ4n) is 2.83. The monoisotopic (exact) mass is 413 g/mol. The average molecular weight is 414 g/mol. The third-order valence-electron chi connectivity index (χ3n) is 4.07. The Balaban J connectivity index is 2.18. The summed E-state index contributed by atoms with van der Waals surface area (Å²) in [6, 6.07) is 4.02. The van der Waals surface area contributed by atoms with Gasteiger partial charge in [0.1, 0.15) is 11.5 Å². The first-order valence-electron chi connectivity index (χ1n) is 9.49. The van der Waals surface area contributed by atoms with E-state index in [2.05, 4.69) is 21.8 Å². The molecule has 1 aliphatic heterocycles. The SMILES string of the molecule is CCOc1cc(N2CCOCC2)c(OCC)cc1NC(=S)NCCCSC. The molecule has 1 aromatic rings. The number of nitrogens with zero attached hydrogens (tertiary/aromatic N) is 1. The topological polar surface area (TPSA) is 55.0 Å². The van der Waals surface area contributed by atoms with Crippen molar-refractivity contribution in [2.24, 2.45) is 0 Å². The lowest BCUT2D eigenvalue weighted by Gasteiger charge is -2.31. The molecule has 0 radical (unpaired) electrons. The number of thioether (sulfide) groups is 1. The van der Waals surface area contributed by atoms with Gasteiger partial charge in [-0.05, 0) is 44.5 Å². The number of nitrogens with one attached hydrogen (secondary N) is 2. The van der Waals surface area contributed by atoms with Crippen LogP contribution in [0.15, 0.2) is 12.1 Å². The molecule has 1 heterocycles. The molecule has 1 fully saturated rings. The third kappa shape index (κ3) is 6.93. The Labute approximate surface area is 172 Å². The Morgan fingerprint density at radius 2 is 1.89 bits per heavy atom. The molecule has 1 aliphatic rings. The highest BCUT2D eigenvalue weighted by Gasteiger charge is 2.20. The van der Waals surface area contributed by atoms with Crippen LogP contribution in [0.25, 0.3) is 0 Å². The van der Waals surface area contributed by atoms with Gasteiger partial charge in [0, 0.05) is 31.8 Å². The van der Waals surface area contributed by atoms with Crippen LogP contribution < -0.4 is 25.0 Å². The van der Waals surface area contributed by atoms with E-state index in [1.165, 1.54) is 0 Å². The van der Waals surface area contributed by atoms with Crippen LogP contribution >= 0.6 is 24.0 Å². The number of hydrogen-bond donors (Lipinski definition) is 2. The average Bonchev–Trinajstić information content (AvgIpc) is 2.68. The summed E-state index contributed by atoms with van der Waals surface area (Å²) in [4.78, 5) is 2.28. The Bertz CT molecular complexity index is 596. The molecule has 0 aromatic heterocycles. The Hall–Kier alpha value is -1.38. The molecule has 0 unspecified atom stereocenters. The van der Waals surface area contributed by atoms with Crippen LogP contribution in [0.5, 0.6) is 11.5 Å². The smallest absolute Gasteiger partial charge is 0.170 e. The van der Waals surface area contributed by atoms with Gasteiger partial charge in [-0.25, -0.2) is 0 Å². The summed E-state index contributed by atoms with van der Waals surface area (Å²) in [6.45, 7) is 9.13. The molecule has 0 saturated carbocycles. The standard InChI is InChI=1S/C19H31N3O3S2/c1-4-24-17-14-16(22-8-10-23-11-9-22)18(25-5-2)13-15(17)21-19(26)20-7-6-12-27-3/h13-14H,4-12H2,1-3H3,(H2,20,21,26). The van der Waals surface area contributed by atoms with Crippen molar-refractivity contribution in [3.8, 4) is 11.5 Å². The molecule has 0 aliphatic carbocycles. The van der Waals surface area contributed by atoms with Gasteiger partial charge in [0.2, 0.25) is 0 Å². The number of anilines is 2. The second-order valence-corrected chi connectivity index (χ2v) is 7.40. The van der Waals surface area contributed by atoms with Crippen LogP contribution in [0.1, 0.15) is 20.3 Å². The second-order valence-electron chi connectivity index (χ2n) is 6.01. The predicted octanol–water partition coefficient (Wildman–Crippen LogP) is 3.36. The molecule has 152 valence electrons. The van der Waals surface area contributed by atoms with E-state index in [1.54, 1.807) is 0 Å². The number of hydrogen-bond acceptors (Lipinski definition) is 6. The van der Waals surface area contributed by atoms with E-state index in [1.807, 2.05) is 37.7 Å². The molecule has 0 amide bonds. The van der Waals surface area contributed by atoms with Gasteiger partial charge in [-0.1, -0.05) is 0 Å². The first-order valence-corrected chi connectivity index (χ1v) is 11.3. The van der Waals surface area contributed by atoms with E-state index < -0.39 is 0 Å². The van der Waals surface area contributed by atoms with Crippen molar-refractivity contribution in [1.29, 1.82) is 0 Å². The zero-order valence-electron chi connectivity index (χ0n) is 16.5. The number of benzene rings is 1. The summed E-state index contributed by atoms with van der Waals surface area (Å²) >= 11 is 7.28. The van der Waals surface area contributed by atoms with Crippen molar-refractivity contribution in [3.63, 3.8) is 0 Å². The first kappa shape index (κ1) is 21.9. The summed E-state index contributed by atoms with van der Waals surface area (Å²) in [6.07, 6.45) is 3.18. The van der Waals surface area contributed by atoms with Gasteiger partial charge in [0.05, 0.1) is 37.8 Å². The fraction of sp³-hybridized carbons (Fsp3) is 0.632. The zero-order chi connectivity index (χ0) is 19.5. The highest BCUT2D eigenvalue weighted by molar-refractivity contribution is 7.98. The lowest BCUT2D eigenvalue weighted by Crippen LogP contribution is -2.36. The lowest BCUT2D eigenvalue weighted by molar-refractivity contribution is 0.122. The van der Waals surface area contributed by atoms with E-state index >= 15 is 0 Å². The molecule has 27 heavy (non-hydrogen) atoms. The van der Waals surface area contributed by atoms with Crippen LogP contribution in [0.2, 0.25) is 0 Å². The lowest BCUT2D eigenvalue weighted by atomic mass is 10.2. The van der Waals surface area contributed by atoms with E-state index in [0.29, 0.717) is 18.3 Å². The largest absolute Gasteiger partial charge is 0.492 e. The molecule has 0 bridgehead atoms. The Morgan fingerprint density at radius 3 is 2.56 bits per heavy atom. The molecule has 2 rings (SSSR count). The summed E-state index contributed by atoms with van der Waals surface area (Å²) in [5.74, 6) is 2.72. The third-order valence-corrected chi connectivity index (χ3v) is 5.01. The maximum atomic E-state index is 5.91. The molecule has 0 atom stereocenters. The Morgan fingerprint density at radius 1 is 1.19 bits per heavy atom. The Kier molecular flexibility index (Phi) is 9.86. The molecule has 6 nitrogen and oxygen atoms in total. The van der Waals surface area contributed by atoms with E-state index in [-0.39, 0.29) is 0 Å². The van der Waals surface area contributed by atoms with Crippen LogP contribution in [-0.4, -0.2) is 63.2 Å². The van der Waals surface area contributed by atoms with Crippen molar-refractivity contribution in [2.75, 3.05) is 68.3 Å². The van der Waals surface area contributed by atoms with Crippen molar-refractivity contribution in [2.45, 2.75) is 20.3 Å². The summed E-state index contributed by atoms with van der Waals surface area (Å²) in [7, 11) is 0. The number of rotatable bonds is 10. The van der Waals surface area contributed by atoms with Gasteiger partial charge < -0.3 is 29.7 Å². The minimum atomic E-state index is 0.582. The summed E-state index contributed by atoms with van der Waals surface area (Å²) in [5.41, 5.74) is 1.85. The molecular weight excluding hydrogens is 382 g/mol. The van der Waals surface area contributed by atoms with E-state index in [0.717, 1.165) is 67.9 Å². The first-order chi connectivity index (χ1) is 13.2. The van der Waals surface area contributed by atoms with Crippen molar-refractivity contribution >= 4 is 40.5 Å². The van der Waals surface area contributed by atoms with Gasteiger partial charge in [0.25, 0.3) is 0 Å². The van der Waals surface area contributed by atoms with Crippen molar-refractivity contribution in [3.05, 3.63) is 12.1 Å². The van der Waals surface area contributed by atoms with Crippen molar-refractivity contribution in [1.82, 2.24) is 5.32 Å². The molecule has 1 saturated heterocycles. The minimum absolute atomic E-state index is 0.582.